The molecule has 0 fully saturated rings. The van der Waals surface area contributed by atoms with Gasteiger partial charge in [0.05, 0.1) is 18.5 Å². The van der Waals surface area contributed by atoms with Gasteiger partial charge in [0.25, 0.3) is 15.9 Å². The van der Waals surface area contributed by atoms with Crippen LogP contribution in [0.2, 0.25) is 10.0 Å². The molecule has 11 heteroatoms. The van der Waals surface area contributed by atoms with Crippen LogP contribution in [0.1, 0.15) is 16.2 Å². The molecule has 1 N–H and O–H groups in total. The first kappa shape index (κ1) is 20.1. The van der Waals surface area contributed by atoms with E-state index in [1.807, 2.05) is 4.72 Å². The molecule has 3 aromatic rings. The number of methoxy groups -OCH3 is 1. The molecule has 146 valence electrons. The molecule has 0 saturated heterocycles. The predicted octanol–water partition coefficient (Wildman–Crippen LogP) is 3.01. The van der Waals surface area contributed by atoms with Crippen molar-refractivity contribution in [3.63, 3.8) is 0 Å². The highest BCUT2D eigenvalue weighted by molar-refractivity contribution is 7.90. The van der Waals surface area contributed by atoms with E-state index in [0.29, 0.717) is 21.4 Å². The molecular formula is C17H14Cl2N4O4S. The van der Waals surface area contributed by atoms with Gasteiger partial charge in [-0.1, -0.05) is 40.5 Å². The molecule has 0 saturated carbocycles. The van der Waals surface area contributed by atoms with Crippen molar-refractivity contribution in [1.29, 1.82) is 0 Å². The first-order chi connectivity index (χ1) is 13.2. The number of nitrogens with zero attached hydrogens (tertiary/aromatic N) is 3. The highest BCUT2D eigenvalue weighted by Gasteiger charge is 2.26. The summed E-state index contributed by atoms with van der Waals surface area (Å²) in [4.78, 5) is 12.4. The average molecular weight is 441 g/mol. The molecule has 3 rings (SSSR count). The minimum atomic E-state index is -4.18. The van der Waals surface area contributed by atoms with Gasteiger partial charge in [0.15, 0.2) is 5.69 Å². The van der Waals surface area contributed by atoms with E-state index in [-0.39, 0.29) is 16.3 Å². The van der Waals surface area contributed by atoms with Crippen molar-refractivity contribution in [2.45, 2.75) is 11.8 Å². The number of carbonyl (C=O) groups excluding carboxylic acids is 1. The van der Waals surface area contributed by atoms with Gasteiger partial charge in [-0.3, -0.25) is 4.79 Å². The number of benzene rings is 2. The van der Waals surface area contributed by atoms with Crippen LogP contribution in [-0.4, -0.2) is 36.4 Å². The van der Waals surface area contributed by atoms with E-state index in [2.05, 4.69) is 10.3 Å². The number of amides is 1. The van der Waals surface area contributed by atoms with Crippen LogP contribution in [0, 0.1) is 6.92 Å². The highest BCUT2D eigenvalue weighted by atomic mass is 35.5. The standard InChI is InChI=1S/C17H14Cl2N4O4S/c1-10-16(20-22-23(10)13-8-11(18)7-12(19)9-13)17(24)21-28(25,26)15-6-4-3-5-14(15)27-2/h3-9H,1-2H3,(H,21,24). The predicted molar refractivity (Wildman–Crippen MR) is 104 cm³/mol. The number of carbonyl (C=O) groups is 1. The average Bonchev–Trinajstić information content (AvgIpc) is 3.02. The Bertz CT molecular complexity index is 1140. The van der Waals surface area contributed by atoms with Crippen molar-refractivity contribution in [2.24, 2.45) is 0 Å². The highest BCUT2D eigenvalue weighted by Crippen LogP contribution is 2.24. The fourth-order valence-electron chi connectivity index (χ4n) is 2.51. The number of nitrogens with one attached hydrogen (secondary N) is 1. The molecule has 0 bridgehead atoms. The van der Waals surface area contributed by atoms with Gasteiger partial charge < -0.3 is 4.74 Å². The zero-order valence-corrected chi connectivity index (χ0v) is 17.0. The Labute approximate surface area is 171 Å². The van der Waals surface area contributed by atoms with Gasteiger partial charge in [0.2, 0.25) is 0 Å². The van der Waals surface area contributed by atoms with Crippen LogP contribution in [0.15, 0.2) is 47.4 Å². The number of halogens is 2. The van der Waals surface area contributed by atoms with Crippen LogP contribution in [0.25, 0.3) is 5.69 Å². The third kappa shape index (κ3) is 3.96. The van der Waals surface area contributed by atoms with Crippen molar-refractivity contribution >= 4 is 39.1 Å². The van der Waals surface area contributed by atoms with Gasteiger partial charge in [0, 0.05) is 10.0 Å². The number of hydrogen-bond donors (Lipinski definition) is 1. The molecule has 1 amide bonds. The van der Waals surface area contributed by atoms with Gasteiger partial charge >= 0.3 is 0 Å². The normalized spacial score (nSPS) is 11.3. The Morgan fingerprint density at radius 2 is 1.79 bits per heavy atom. The Balaban J connectivity index is 1.93. The SMILES string of the molecule is COc1ccccc1S(=O)(=O)NC(=O)c1nnn(-c2cc(Cl)cc(Cl)c2)c1C. The molecular weight excluding hydrogens is 427 g/mol. The summed E-state index contributed by atoms with van der Waals surface area (Å²) >= 11 is 12.0. The van der Waals surface area contributed by atoms with Crippen LogP contribution in [-0.2, 0) is 10.0 Å². The van der Waals surface area contributed by atoms with E-state index in [4.69, 9.17) is 27.9 Å². The third-order valence-corrected chi connectivity index (χ3v) is 5.59. The van der Waals surface area contributed by atoms with Crippen LogP contribution in [0.3, 0.4) is 0 Å². The molecule has 0 aliphatic carbocycles. The van der Waals surface area contributed by atoms with E-state index >= 15 is 0 Å². The van der Waals surface area contributed by atoms with Crippen molar-refractivity contribution in [3.8, 4) is 11.4 Å². The van der Waals surface area contributed by atoms with E-state index < -0.39 is 15.9 Å². The summed E-state index contributed by atoms with van der Waals surface area (Å²) in [7, 11) is -2.84. The van der Waals surface area contributed by atoms with Gasteiger partial charge in [-0.05, 0) is 37.3 Å². The molecule has 1 aromatic heterocycles. The van der Waals surface area contributed by atoms with E-state index in [1.54, 1.807) is 31.2 Å². The molecule has 0 spiro atoms. The van der Waals surface area contributed by atoms with Crippen LogP contribution in [0.4, 0.5) is 0 Å². The summed E-state index contributed by atoms with van der Waals surface area (Å²) in [6.45, 7) is 1.57. The lowest BCUT2D eigenvalue weighted by Gasteiger charge is -2.10. The number of sulfonamides is 1. The monoisotopic (exact) mass is 440 g/mol. The fourth-order valence-corrected chi connectivity index (χ4v) is 4.15. The van der Waals surface area contributed by atoms with E-state index in [1.165, 1.54) is 30.0 Å². The van der Waals surface area contributed by atoms with E-state index in [0.717, 1.165) is 0 Å². The smallest absolute Gasteiger partial charge is 0.287 e. The number of ether oxygens (including phenoxy) is 1. The second kappa shape index (κ2) is 7.78. The Morgan fingerprint density at radius 1 is 1.14 bits per heavy atom. The van der Waals surface area contributed by atoms with Crippen molar-refractivity contribution in [1.82, 2.24) is 19.7 Å². The maximum Gasteiger partial charge on any atom is 0.287 e. The Morgan fingerprint density at radius 3 is 2.43 bits per heavy atom. The summed E-state index contributed by atoms with van der Waals surface area (Å²) in [5.41, 5.74) is 0.634. The van der Waals surface area contributed by atoms with Crippen LogP contribution in [0.5, 0.6) is 5.75 Å². The molecule has 0 aliphatic heterocycles. The minimum absolute atomic E-state index is 0.108. The second-order valence-electron chi connectivity index (χ2n) is 5.65. The van der Waals surface area contributed by atoms with Gasteiger partial charge in [0.1, 0.15) is 10.6 Å². The summed E-state index contributed by atoms with van der Waals surface area (Å²) in [5.74, 6) is -0.820. The first-order valence-corrected chi connectivity index (χ1v) is 10.1. The molecule has 0 aliphatic rings. The lowest BCUT2D eigenvalue weighted by Crippen LogP contribution is -2.31. The topological polar surface area (TPSA) is 103 Å². The van der Waals surface area contributed by atoms with Crippen LogP contribution < -0.4 is 9.46 Å². The van der Waals surface area contributed by atoms with Crippen molar-refractivity contribution in [3.05, 3.63) is 63.9 Å². The fraction of sp³-hybridized carbons (Fsp3) is 0.118. The first-order valence-electron chi connectivity index (χ1n) is 7.82. The van der Waals surface area contributed by atoms with Crippen molar-refractivity contribution < 1.29 is 17.9 Å². The molecule has 0 radical (unpaired) electrons. The molecule has 1 heterocycles. The van der Waals surface area contributed by atoms with Gasteiger partial charge in [-0.25, -0.2) is 17.8 Å². The van der Waals surface area contributed by atoms with Gasteiger partial charge in [-0.2, -0.15) is 0 Å². The summed E-state index contributed by atoms with van der Waals surface area (Å²) in [5, 5.41) is 8.44. The molecule has 0 unspecified atom stereocenters. The van der Waals surface area contributed by atoms with Gasteiger partial charge in [-0.15, -0.1) is 5.10 Å². The zero-order valence-electron chi connectivity index (χ0n) is 14.7. The Kier molecular flexibility index (Phi) is 5.59. The maximum atomic E-state index is 12.6. The lowest BCUT2D eigenvalue weighted by atomic mass is 10.3. The summed E-state index contributed by atoms with van der Waals surface area (Å²) in [6.07, 6.45) is 0. The molecule has 2 aromatic carbocycles. The number of hydrogen-bond acceptors (Lipinski definition) is 6. The quantitative estimate of drug-likeness (QED) is 0.653. The molecule has 0 atom stereocenters. The molecule has 8 nitrogen and oxygen atoms in total. The minimum Gasteiger partial charge on any atom is -0.495 e. The van der Waals surface area contributed by atoms with E-state index in [9.17, 15) is 13.2 Å². The Hall–Kier alpha value is -2.62. The third-order valence-electron chi connectivity index (χ3n) is 3.79. The summed E-state index contributed by atoms with van der Waals surface area (Å²) in [6, 6.07) is 10.7. The number of rotatable bonds is 5. The maximum absolute atomic E-state index is 12.6. The second-order valence-corrected chi connectivity index (χ2v) is 8.17. The lowest BCUT2D eigenvalue weighted by molar-refractivity contribution is 0.0976. The van der Waals surface area contributed by atoms with Crippen LogP contribution >= 0.6 is 23.2 Å². The van der Waals surface area contributed by atoms with Crippen molar-refractivity contribution in [2.75, 3.05) is 7.11 Å². The number of aromatic nitrogens is 3. The summed E-state index contributed by atoms with van der Waals surface area (Å²) < 4.78 is 33.5. The zero-order chi connectivity index (χ0) is 20.5. The molecule has 28 heavy (non-hydrogen) atoms. The number of para-hydroxylation sites is 1. The largest absolute Gasteiger partial charge is 0.495 e.